The van der Waals surface area contributed by atoms with Crippen molar-refractivity contribution in [2.75, 3.05) is 32.4 Å². The van der Waals surface area contributed by atoms with Gasteiger partial charge in [-0.25, -0.2) is 12.7 Å². The molecule has 0 spiro atoms. The molecule has 1 saturated carbocycles. The monoisotopic (exact) mass is 332 g/mol. The van der Waals surface area contributed by atoms with Crippen LogP contribution in [0.25, 0.3) is 0 Å². The van der Waals surface area contributed by atoms with Gasteiger partial charge in [0.15, 0.2) is 5.96 Å². The Balaban J connectivity index is 2.38. The zero-order valence-electron chi connectivity index (χ0n) is 14.4. The molecule has 130 valence electrons. The van der Waals surface area contributed by atoms with Gasteiger partial charge in [-0.05, 0) is 31.6 Å². The molecule has 0 aromatic rings. The Labute approximate surface area is 135 Å². The Hall–Kier alpha value is -0.820. The Kier molecular flexibility index (Phi) is 8.17. The summed E-state index contributed by atoms with van der Waals surface area (Å²) in [5, 5.41) is 6.52. The molecule has 1 rings (SSSR count). The third-order valence-corrected chi connectivity index (χ3v) is 6.35. The Morgan fingerprint density at radius 3 is 2.27 bits per heavy atom. The van der Waals surface area contributed by atoms with Gasteiger partial charge < -0.3 is 10.6 Å². The first-order chi connectivity index (χ1) is 10.4. The van der Waals surface area contributed by atoms with E-state index in [1.165, 1.54) is 17.1 Å². The van der Waals surface area contributed by atoms with E-state index in [-0.39, 0.29) is 5.75 Å². The normalized spacial score (nSPS) is 23.6. The van der Waals surface area contributed by atoms with E-state index in [0.717, 1.165) is 18.8 Å². The van der Waals surface area contributed by atoms with E-state index in [1.807, 2.05) is 13.8 Å². The molecule has 0 unspecified atom stereocenters. The molecule has 1 aliphatic rings. The summed E-state index contributed by atoms with van der Waals surface area (Å²) in [6, 6.07) is 0.446. The topological polar surface area (TPSA) is 73.8 Å². The van der Waals surface area contributed by atoms with Gasteiger partial charge >= 0.3 is 0 Å². The van der Waals surface area contributed by atoms with Gasteiger partial charge in [0.2, 0.25) is 10.0 Å². The van der Waals surface area contributed by atoms with Crippen LogP contribution in [0.15, 0.2) is 4.99 Å². The predicted molar refractivity (Wildman–Crippen MR) is 92.6 cm³/mol. The Morgan fingerprint density at radius 2 is 1.77 bits per heavy atom. The lowest BCUT2D eigenvalue weighted by Crippen LogP contribution is -2.46. The van der Waals surface area contributed by atoms with E-state index in [2.05, 4.69) is 22.5 Å². The number of guanidine groups is 1. The van der Waals surface area contributed by atoms with E-state index in [9.17, 15) is 8.42 Å². The molecule has 1 aliphatic carbocycles. The Morgan fingerprint density at radius 1 is 1.18 bits per heavy atom. The predicted octanol–water partition coefficient (Wildman–Crippen LogP) is 1.40. The van der Waals surface area contributed by atoms with Gasteiger partial charge in [0, 0.05) is 32.7 Å². The highest BCUT2D eigenvalue weighted by Crippen LogP contribution is 2.23. The molecule has 0 heterocycles. The maximum Gasteiger partial charge on any atom is 0.215 e. The standard InChI is InChI=1S/C15H32N4O2S/c1-5-19(6-2)22(20,21)12-11-17-15(16-4)18-14-9-7-13(3)8-10-14/h13-14H,5-12H2,1-4H3,(H2,16,17,18). The molecule has 6 nitrogen and oxygen atoms in total. The number of nitrogens with one attached hydrogen (secondary N) is 2. The minimum atomic E-state index is -3.18. The first-order valence-electron chi connectivity index (χ1n) is 8.37. The Bertz CT molecular complexity index is 438. The first-order valence-corrected chi connectivity index (χ1v) is 9.98. The lowest BCUT2D eigenvalue weighted by molar-refractivity contribution is 0.329. The lowest BCUT2D eigenvalue weighted by atomic mass is 9.87. The zero-order valence-corrected chi connectivity index (χ0v) is 15.2. The molecule has 0 amide bonds. The van der Waals surface area contributed by atoms with E-state index in [0.29, 0.717) is 31.6 Å². The molecule has 0 radical (unpaired) electrons. The number of nitrogens with zero attached hydrogens (tertiary/aromatic N) is 2. The van der Waals surface area contributed by atoms with Crippen LogP contribution < -0.4 is 10.6 Å². The third-order valence-electron chi connectivity index (χ3n) is 4.33. The minimum absolute atomic E-state index is 0.0943. The van der Waals surface area contributed by atoms with Crippen LogP contribution in [0, 0.1) is 5.92 Å². The first kappa shape index (κ1) is 19.2. The van der Waals surface area contributed by atoms with E-state index >= 15 is 0 Å². The van der Waals surface area contributed by atoms with Crippen LogP contribution in [-0.2, 0) is 10.0 Å². The third kappa shape index (κ3) is 6.12. The fraction of sp³-hybridized carbons (Fsp3) is 0.933. The highest BCUT2D eigenvalue weighted by atomic mass is 32.2. The van der Waals surface area contributed by atoms with Gasteiger partial charge in [-0.1, -0.05) is 20.8 Å². The van der Waals surface area contributed by atoms with Gasteiger partial charge in [0.05, 0.1) is 5.75 Å². The molecule has 22 heavy (non-hydrogen) atoms. The average Bonchev–Trinajstić information content (AvgIpc) is 2.49. The summed E-state index contributed by atoms with van der Waals surface area (Å²) in [5.41, 5.74) is 0. The largest absolute Gasteiger partial charge is 0.355 e. The number of aliphatic imine (C=N–C) groups is 1. The van der Waals surface area contributed by atoms with Crippen molar-refractivity contribution in [1.82, 2.24) is 14.9 Å². The average molecular weight is 333 g/mol. The second-order valence-electron chi connectivity index (χ2n) is 6.00. The highest BCUT2D eigenvalue weighted by Gasteiger charge is 2.20. The van der Waals surface area contributed by atoms with Gasteiger partial charge in [0.25, 0.3) is 0 Å². The molecule has 2 N–H and O–H groups in total. The van der Waals surface area contributed by atoms with Crippen LogP contribution in [0.3, 0.4) is 0 Å². The SMILES string of the molecule is CCN(CC)S(=O)(=O)CCNC(=NC)NC1CCC(C)CC1. The van der Waals surface area contributed by atoms with Crippen molar-refractivity contribution in [1.29, 1.82) is 0 Å². The molecule has 0 bridgehead atoms. The summed E-state index contributed by atoms with van der Waals surface area (Å²) in [7, 11) is -1.46. The van der Waals surface area contributed by atoms with Gasteiger partial charge in [0.1, 0.15) is 0 Å². The van der Waals surface area contributed by atoms with Crippen molar-refractivity contribution in [2.24, 2.45) is 10.9 Å². The van der Waals surface area contributed by atoms with Crippen LogP contribution in [0.1, 0.15) is 46.5 Å². The van der Waals surface area contributed by atoms with E-state index < -0.39 is 10.0 Å². The molecular weight excluding hydrogens is 300 g/mol. The number of rotatable bonds is 7. The van der Waals surface area contributed by atoms with Crippen LogP contribution in [0.2, 0.25) is 0 Å². The van der Waals surface area contributed by atoms with Crippen LogP contribution in [0.5, 0.6) is 0 Å². The van der Waals surface area contributed by atoms with Crippen molar-refractivity contribution in [2.45, 2.75) is 52.5 Å². The number of hydrogen-bond donors (Lipinski definition) is 2. The van der Waals surface area contributed by atoms with E-state index in [4.69, 9.17) is 0 Å². The summed E-state index contributed by atoms with van der Waals surface area (Å²) in [4.78, 5) is 4.19. The number of sulfonamides is 1. The lowest BCUT2D eigenvalue weighted by Gasteiger charge is -2.28. The van der Waals surface area contributed by atoms with Crippen molar-refractivity contribution in [3.05, 3.63) is 0 Å². The van der Waals surface area contributed by atoms with Crippen molar-refractivity contribution in [3.8, 4) is 0 Å². The molecule has 0 aliphatic heterocycles. The number of hydrogen-bond acceptors (Lipinski definition) is 3. The fourth-order valence-electron chi connectivity index (χ4n) is 2.84. The molecule has 7 heteroatoms. The summed E-state index contributed by atoms with van der Waals surface area (Å²) >= 11 is 0. The second kappa shape index (κ2) is 9.35. The highest BCUT2D eigenvalue weighted by molar-refractivity contribution is 7.89. The maximum absolute atomic E-state index is 12.1. The second-order valence-corrected chi connectivity index (χ2v) is 8.09. The molecular formula is C15H32N4O2S. The van der Waals surface area contributed by atoms with Crippen molar-refractivity contribution in [3.63, 3.8) is 0 Å². The molecule has 0 atom stereocenters. The molecule has 0 saturated heterocycles. The van der Waals surface area contributed by atoms with Crippen molar-refractivity contribution >= 4 is 16.0 Å². The molecule has 0 aromatic heterocycles. The summed E-state index contributed by atoms with van der Waals surface area (Å²) in [6.45, 7) is 7.43. The smallest absolute Gasteiger partial charge is 0.215 e. The van der Waals surface area contributed by atoms with Crippen LogP contribution in [0.4, 0.5) is 0 Å². The van der Waals surface area contributed by atoms with Crippen LogP contribution >= 0.6 is 0 Å². The quantitative estimate of drug-likeness (QED) is 0.546. The summed E-state index contributed by atoms with van der Waals surface area (Å²) in [6.07, 6.45) is 4.79. The fourth-order valence-corrected chi connectivity index (χ4v) is 4.24. The van der Waals surface area contributed by atoms with Crippen molar-refractivity contribution < 1.29 is 8.42 Å². The molecule has 1 fully saturated rings. The summed E-state index contributed by atoms with van der Waals surface area (Å²) in [5.74, 6) is 1.61. The van der Waals surface area contributed by atoms with Gasteiger partial charge in [-0.2, -0.15) is 0 Å². The maximum atomic E-state index is 12.1. The summed E-state index contributed by atoms with van der Waals surface area (Å²) < 4.78 is 25.7. The van der Waals surface area contributed by atoms with E-state index in [1.54, 1.807) is 7.05 Å². The zero-order chi connectivity index (χ0) is 16.6. The van der Waals surface area contributed by atoms with Gasteiger partial charge in [-0.15, -0.1) is 0 Å². The van der Waals surface area contributed by atoms with Crippen LogP contribution in [-0.4, -0.2) is 57.2 Å². The minimum Gasteiger partial charge on any atom is -0.355 e. The van der Waals surface area contributed by atoms with Gasteiger partial charge in [-0.3, -0.25) is 4.99 Å². The molecule has 0 aromatic carbocycles.